The Balaban J connectivity index is 2.50. The van der Waals surface area contributed by atoms with E-state index in [-0.39, 0.29) is 0 Å². The minimum absolute atomic E-state index is 0.774. The number of pyridine rings is 1. The van der Waals surface area contributed by atoms with Gasteiger partial charge in [0.2, 0.25) is 0 Å². The van der Waals surface area contributed by atoms with E-state index in [0.29, 0.717) is 0 Å². The van der Waals surface area contributed by atoms with Crippen LogP contribution in [-0.4, -0.2) is 17.3 Å². The third-order valence-corrected chi connectivity index (χ3v) is 3.74. The van der Waals surface area contributed by atoms with E-state index in [9.17, 15) is 0 Å². The Morgan fingerprint density at radius 3 is 2.76 bits per heavy atom. The van der Waals surface area contributed by atoms with Crippen molar-refractivity contribution in [2.24, 2.45) is 5.92 Å². The number of aromatic nitrogens is 1. The molecule has 0 spiro atoms. The Kier molecular flexibility index (Phi) is 6.60. The summed E-state index contributed by atoms with van der Waals surface area (Å²) in [6.45, 7) is 10.7. The van der Waals surface area contributed by atoms with Crippen LogP contribution in [-0.2, 0) is 6.54 Å². The normalized spacial score (nSPS) is 11.1. The summed E-state index contributed by atoms with van der Waals surface area (Å²) in [5, 5.41) is 4.51. The van der Waals surface area contributed by atoms with Gasteiger partial charge in [0.1, 0.15) is 0 Å². The Labute approximate surface area is 110 Å². The summed E-state index contributed by atoms with van der Waals surface area (Å²) < 4.78 is 0. The molecule has 0 amide bonds. The number of hydrogen-bond acceptors (Lipinski definition) is 3. The predicted molar refractivity (Wildman–Crippen MR) is 76.5 cm³/mol. The third-order valence-electron chi connectivity index (χ3n) is 2.60. The summed E-state index contributed by atoms with van der Waals surface area (Å²) in [5.41, 5.74) is 2.58. The second-order valence-corrected chi connectivity index (χ2v) is 5.86. The van der Waals surface area contributed by atoms with Crippen molar-refractivity contribution >= 4 is 11.8 Å². The fourth-order valence-electron chi connectivity index (χ4n) is 1.53. The number of hydrogen-bond donors (Lipinski definition) is 1. The fraction of sp³-hybridized carbons (Fsp3) is 0.643. The van der Waals surface area contributed by atoms with Crippen molar-refractivity contribution in [2.75, 3.05) is 12.3 Å². The molecule has 0 aliphatic heterocycles. The van der Waals surface area contributed by atoms with Crippen molar-refractivity contribution in [3.05, 3.63) is 23.4 Å². The molecule has 0 bridgehead atoms. The Morgan fingerprint density at radius 1 is 1.41 bits per heavy atom. The molecule has 0 unspecified atom stereocenters. The molecule has 1 heterocycles. The lowest BCUT2D eigenvalue weighted by Crippen LogP contribution is -2.12. The number of rotatable bonds is 7. The van der Waals surface area contributed by atoms with Gasteiger partial charge in [-0.05, 0) is 42.7 Å². The van der Waals surface area contributed by atoms with Gasteiger partial charge in [0.25, 0.3) is 0 Å². The maximum absolute atomic E-state index is 4.55. The van der Waals surface area contributed by atoms with Crippen LogP contribution in [0.4, 0.5) is 0 Å². The van der Waals surface area contributed by atoms with Crippen LogP contribution in [0.25, 0.3) is 0 Å². The molecule has 0 atom stereocenters. The van der Waals surface area contributed by atoms with Crippen molar-refractivity contribution in [2.45, 2.75) is 45.7 Å². The van der Waals surface area contributed by atoms with Gasteiger partial charge in [0.05, 0.1) is 5.03 Å². The standard InChI is InChI=1S/C14H24N2S/c1-5-15-9-13-8-12(4)14(16-10-13)17-7-6-11(2)3/h8,10-11,15H,5-7,9H2,1-4H3. The number of nitrogens with zero attached hydrogens (tertiary/aromatic N) is 1. The van der Waals surface area contributed by atoms with Gasteiger partial charge in [-0.2, -0.15) is 0 Å². The molecule has 2 nitrogen and oxygen atoms in total. The van der Waals surface area contributed by atoms with E-state index in [1.54, 1.807) is 0 Å². The van der Waals surface area contributed by atoms with E-state index in [2.05, 4.69) is 44.1 Å². The molecule has 1 aromatic rings. The van der Waals surface area contributed by atoms with Crippen LogP contribution in [0.1, 0.15) is 38.3 Å². The van der Waals surface area contributed by atoms with E-state index in [0.717, 1.165) is 24.8 Å². The number of thioether (sulfide) groups is 1. The van der Waals surface area contributed by atoms with Gasteiger partial charge in [0, 0.05) is 12.7 Å². The molecular formula is C14H24N2S. The van der Waals surface area contributed by atoms with Crippen LogP contribution >= 0.6 is 11.8 Å². The average Bonchev–Trinajstić information content (AvgIpc) is 2.28. The molecule has 0 aliphatic rings. The molecule has 0 fully saturated rings. The summed E-state index contributed by atoms with van der Waals surface area (Å²) in [7, 11) is 0. The quantitative estimate of drug-likeness (QED) is 0.750. The van der Waals surface area contributed by atoms with E-state index < -0.39 is 0 Å². The summed E-state index contributed by atoms with van der Waals surface area (Å²) in [4.78, 5) is 4.55. The summed E-state index contributed by atoms with van der Waals surface area (Å²) in [6.07, 6.45) is 3.25. The topological polar surface area (TPSA) is 24.9 Å². The van der Waals surface area contributed by atoms with Gasteiger partial charge in [-0.3, -0.25) is 0 Å². The highest BCUT2D eigenvalue weighted by atomic mass is 32.2. The van der Waals surface area contributed by atoms with Gasteiger partial charge in [-0.25, -0.2) is 4.98 Å². The maximum atomic E-state index is 4.55. The smallest absolute Gasteiger partial charge is 0.0989 e. The van der Waals surface area contributed by atoms with Gasteiger partial charge in [0.15, 0.2) is 0 Å². The van der Waals surface area contributed by atoms with Crippen LogP contribution in [0, 0.1) is 12.8 Å². The predicted octanol–water partition coefficient (Wildman–Crippen LogP) is 3.64. The van der Waals surface area contributed by atoms with Crippen molar-refractivity contribution in [3.63, 3.8) is 0 Å². The van der Waals surface area contributed by atoms with Gasteiger partial charge < -0.3 is 5.32 Å². The largest absolute Gasteiger partial charge is 0.313 e. The fourth-order valence-corrected chi connectivity index (χ4v) is 2.73. The first-order valence-corrected chi connectivity index (χ1v) is 7.41. The first-order chi connectivity index (χ1) is 8.13. The lowest BCUT2D eigenvalue weighted by Gasteiger charge is -2.08. The van der Waals surface area contributed by atoms with Crippen LogP contribution in [0.15, 0.2) is 17.3 Å². The van der Waals surface area contributed by atoms with E-state index >= 15 is 0 Å². The Hall–Kier alpha value is -0.540. The monoisotopic (exact) mass is 252 g/mol. The lowest BCUT2D eigenvalue weighted by molar-refractivity contribution is 0.632. The molecule has 3 heteroatoms. The molecule has 1 rings (SSSR count). The van der Waals surface area contributed by atoms with Crippen molar-refractivity contribution in [3.8, 4) is 0 Å². The zero-order valence-electron chi connectivity index (χ0n) is 11.4. The molecule has 1 aromatic heterocycles. The van der Waals surface area contributed by atoms with Gasteiger partial charge in [-0.15, -0.1) is 11.8 Å². The van der Waals surface area contributed by atoms with Crippen molar-refractivity contribution in [1.29, 1.82) is 0 Å². The molecule has 0 aliphatic carbocycles. The minimum atomic E-state index is 0.774. The van der Waals surface area contributed by atoms with Gasteiger partial charge in [-0.1, -0.05) is 26.8 Å². The van der Waals surface area contributed by atoms with Crippen molar-refractivity contribution in [1.82, 2.24) is 10.3 Å². The number of aryl methyl sites for hydroxylation is 1. The Morgan fingerprint density at radius 2 is 2.18 bits per heavy atom. The van der Waals surface area contributed by atoms with E-state index in [4.69, 9.17) is 0 Å². The molecule has 0 aromatic carbocycles. The SMILES string of the molecule is CCNCc1cnc(SCCC(C)C)c(C)c1. The highest BCUT2D eigenvalue weighted by Gasteiger charge is 2.03. The average molecular weight is 252 g/mol. The molecule has 17 heavy (non-hydrogen) atoms. The molecule has 0 saturated carbocycles. The minimum Gasteiger partial charge on any atom is -0.313 e. The van der Waals surface area contributed by atoms with E-state index in [1.807, 2.05) is 18.0 Å². The summed E-state index contributed by atoms with van der Waals surface area (Å²) in [5.74, 6) is 1.94. The second kappa shape index (κ2) is 7.72. The molecule has 1 N–H and O–H groups in total. The van der Waals surface area contributed by atoms with Crippen LogP contribution in [0.3, 0.4) is 0 Å². The molecule has 0 saturated heterocycles. The zero-order valence-corrected chi connectivity index (χ0v) is 12.2. The zero-order chi connectivity index (χ0) is 12.7. The van der Waals surface area contributed by atoms with Crippen LogP contribution in [0.5, 0.6) is 0 Å². The highest BCUT2D eigenvalue weighted by molar-refractivity contribution is 7.99. The highest BCUT2D eigenvalue weighted by Crippen LogP contribution is 2.22. The molecule has 96 valence electrons. The third kappa shape index (κ3) is 5.55. The Bertz CT molecular complexity index is 337. The summed E-state index contributed by atoms with van der Waals surface area (Å²) >= 11 is 1.88. The molecule has 0 radical (unpaired) electrons. The van der Waals surface area contributed by atoms with Gasteiger partial charge >= 0.3 is 0 Å². The lowest BCUT2D eigenvalue weighted by atomic mass is 10.2. The first kappa shape index (κ1) is 14.5. The maximum Gasteiger partial charge on any atom is 0.0989 e. The second-order valence-electron chi connectivity index (χ2n) is 4.78. The first-order valence-electron chi connectivity index (χ1n) is 6.42. The summed E-state index contributed by atoms with van der Waals surface area (Å²) in [6, 6.07) is 2.24. The van der Waals surface area contributed by atoms with E-state index in [1.165, 1.54) is 22.6 Å². The van der Waals surface area contributed by atoms with Crippen molar-refractivity contribution < 1.29 is 0 Å². The van der Waals surface area contributed by atoms with Crippen LogP contribution in [0.2, 0.25) is 0 Å². The number of nitrogens with one attached hydrogen (secondary N) is 1. The molecular weight excluding hydrogens is 228 g/mol. The van der Waals surface area contributed by atoms with Crippen LogP contribution < -0.4 is 5.32 Å².